The molecule has 1 unspecified atom stereocenters. The van der Waals surface area contributed by atoms with Gasteiger partial charge in [-0.25, -0.2) is 9.78 Å². The summed E-state index contributed by atoms with van der Waals surface area (Å²) in [7, 11) is 1.33. The highest BCUT2D eigenvalue weighted by Crippen LogP contribution is 2.08. The highest BCUT2D eigenvalue weighted by atomic mass is 16.5. The second-order valence-corrected chi connectivity index (χ2v) is 5.00. The summed E-state index contributed by atoms with van der Waals surface area (Å²) in [6.45, 7) is 9.75. The molecule has 6 heteroatoms. The molecular formula is C15H26N4O2. The molecule has 1 aromatic rings. The van der Waals surface area contributed by atoms with Crippen molar-refractivity contribution in [1.29, 1.82) is 0 Å². The lowest BCUT2D eigenvalue weighted by atomic mass is 10.2. The zero-order chi connectivity index (χ0) is 15.7. The highest BCUT2D eigenvalue weighted by molar-refractivity contribution is 5.87. The number of methoxy groups -OCH3 is 1. The van der Waals surface area contributed by atoms with E-state index in [1.165, 1.54) is 13.3 Å². The zero-order valence-electron chi connectivity index (χ0n) is 13.4. The molecule has 0 aromatic carbocycles. The number of ether oxygens (including phenoxy) is 1. The lowest BCUT2D eigenvalue weighted by Crippen LogP contribution is -2.25. The van der Waals surface area contributed by atoms with Gasteiger partial charge in [-0.2, -0.15) is 0 Å². The van der Waals surface area contributed by atoms with Crippen LogP contribution < -0.4 is 5.32 Å². The van der Waals surface area contributed by atoms with Gasteiger partial charge in [0.05, 0.1) is 19.5 Å². The Kier molecular flexibility index (Phi) is 7.68. The van der Waals surface area contributed by atoms with E-state index in [0.717, 1.165) is 32.5 Å². The molecule has 0 aliphatic carbocycles. The van der Waals surface area contributed by atoms with Crippen LogP contribution >= 0.6 is 0 Å². The molecule has 0 radical (unpaired) electrons. The first-order chi connectivity index (χ1) is 10.1. The Morgan fingerprint density at radius 3 is 2.71 bits per heavy atom. The van der Waals surface area contributed by atoms with Crippen LogP contribution in [0.3, 0.4) is 0 Å². The van der Waals surface area contributed by atoms with Crippen molar-refractivity contribution in [2.24, 2.45) is 0 Å². The fraction of sp³-hybridized carbons (Fsp3) is 0.667. The van der Waals surface area contributed by atoms with E-state index in [1.54, 1.807) is 6.20 Å². The smallest absolute Gasteiger partial charge is 0.358 e. The van der Waals surface area contributed by atoms with E-state index in [0.29, 0.717) is 5.82 Å². The molecule has 0 aliphatic heterocycles. The van der Waals surface area contributed by atoms with Crippen molar-refractivity contribution in [2.45, 2.75) is 39.7 Å². The van der Waals surface area contributed by atoms with Crippen molar-refractivity contribution < 1.29 is 9.53 Å². The van der Waals surface area contributed by atoms with Crippen molar-refractivity contribution >= 4 is 11.8 Å². The molecule has 1 N–H and O–H groups in total. The molecule has 0 bridgehead atoms. The van der Waals surface area contributed by atoms with Crippen molar-refractivity contribution in [3.05, 3.63) is 18.1 Å². The number of aromatic nitrogens is 2. The maximum absolute atomic E-state index is 11.4. The molecule has 1 atom stereocenters. The minimum absolute atomic E-state index is 0.220. The fourth-order valence-electron chi connectivity index (χ4n) is 2.12. The van der Waals surface area contributed by atoms with Gasteiger partial charge in [-0.15, -0.1) is 0 Å². The van der Waals surface area contributed by atoms with Gasteiger partial charge < -0.3 is 15.0 Å². The van der Waals surface area contributed by atoms with Crippen LogP contribution in [0, 0.1) is 0 Å². The number of rotatable bonds is 9. The summed E-state index contributed by atoms with van der Waals surface area (Å²) in [4.78, 5) is 22.0. The summed E-state index contributed by atoms with van der Waals surface area (Å²) in [6.07, 6.45) is 5.19. The summed E-state index contributed by atoms with van der Waals surface area (Å²) in [6, 6.07) is 0.280. The predicted octanol–water partition coefficient (Wildman–Crippen LogP) is 2.19. The van der Waals surface area contributed by atoms with Gasteiger partial charge in [0.2, 0.25) is 0 Å². The monoisotopic (exact) mass is 294 g/mol. The summed E-state index contributed by atoms with van der Waals surface area (Å²) in [5.74, 6) is 0.133. The summed E-state index contributed by atoms with van der Waals surface area (Å²) in [5, 5.41) is 3.27. The maximum Gasteiger partial charge on any atom is 0.358 e. The molecule has 1 aromatic heterocycles. The first-order valence-corrected chi connectivity index (χ1v) is 7.49. The number of hydrogen-bond acceptors (Lipinski definition) is 6. The lowest BCUT2D eigenvalue weighted by Gasteiger charge is -2.20. The predicted molar refractivity (Wildman–Crippen MR) is 83.5 cm³/mol. The number of nitrogens with zero attached hydrogens (tertiary/aromatic N) is 3. The third kappa shape index (κ3) is 6.08. The number of hydrogen-bond donors (Lipinski definition) is 1. The van der Waals surface area contributed by atoms with Crippen LogP contribution in [0.15, 0.2) is 12.4 Å². The minimum Gasteiger partial charge on any atom is -0.464 e. The summed E-state index contributed by atoms with van der Waals surface area (Å²) < 4.78 is 4.64. The number of carbonyl (C=O) groups is 1. The van der Waals surface area contributed by atoms with Crippen molar-refractivity contribution in [3.8, 4) is 0 Å². The zero-order valence-corrected chi connectivity index (χ0v) is 13.4. The van der Waals surface area contributed by atoms with Gasteiger partial charge in [0.25, 0.3) is 0 Å². The van der Waals surface area contributed by atoms with Gasteiger partial charge >= 0.3 is 5.97 Å². The van der Waals surface area contributed by atoms with Gasteiger partial charge in [-0.05, 0) is 39.4 Å². The first kappa shape index (κ1) is 17.4. The van der Waals surface area contributed by atoms with Gasteiger partial charge in [-0.1, -0.05) is 13.8 Å². The normalized spacial score (nSPS) is 12.2. The Bertz CT molecular complexity index is 435. The first-order valence-electron chi connectivity index (χ1n) is 7.49. The third-order valence-corrected chi connectivity index (χ3v) is 3.43. The summed E-state index contributed by atoms with van der Waals surface area (Å²) >= 11 is 0. The lowest BCUT2D eigenvalue weighted by molar-refractivity contribution is 0.0593. The average Bonchev–Trinajstić information content (AvgIpc) is 2.51. The Hall–Kier alpha value is -1.69. The molecular weight excluding hydrogens is 268 g/mol. The van der Waals surface area contributed by atoms with Crippen LogP contribution in [0.5, 0.6) is 0 Å². The molecule has 0 aliphatic rings. The third-order valence-electron chi connectivity index (χ3n) is 3.43. The Morgan fingerprint density at radius 1 is 1.38 bits per heavy atom. The van der Waals surface area contributed by atoms with E-state index in [4.69, 9.17) is 0 Å². The van der Waals surface area contributed by atoms with Crippen LogP contribution in [0.4, 0.5) is 5.82 Å². The Balaban J connectivity index is 2.44. The van der Waals surface area contributed by atoms with Crippen molar-refractivity contribution in [3.63, 3.8) is 0 Å². The SMILES string of the molecule is CCN(CC)CCCC(C)Nc1cncc(C(=O)OC)n1. The van der Waals surface area contributed by atoms with E-state index in [-0.39, 0.29) is 11.7 Å². The van der Waals surface area contributed by atoms with Crippen LogP contribution in [-0.4, -0.2) is 53.6 Å². The molecule has 1 rings (SSSR count). The molecule has 0 saturated heterocycles. The van der Waals surface area contributed by atoms with E-state index in [1.807, 2.05) is 0 Å². The molecule has 0 amide bonds. The van der Waals surface area contributed by atoms with Crippen LogP contribution in [0.25, 0.3) is 0 Å². The summed E-state index contributed by atoms with van der Waals surface area (Å²) in [5.41, 5.74) is 0.220. The minimum atomic E-state index is -0.472. The van der Waals surface area contributed by atoms with Gasteiger partial charge in [-0.3, -0.25) is 4.98 Å². The fourth-order valence-corrected chi connectivity index (χ4v) is 2.12. The molecule has 118 valence electrons. The Morgan fingerprint density at radius 2 is 2.10 bits per heavy atom. The molecule has 1 heterocycles. The molecule has 21 heavy (non-hydrogen) atoms. The number of esters is 1. The van der Waals surface area contributed by atoms with Crippen LogP contribution in [0.1, 0.15) is 44.1 Å². The maximum atomic E-state index is 11.4. The number of nitrogens with one attached hydrogen (secondary N) is 1. The van der Waals surface area contributed by atoms with E-state index in [9.17, 15) is 4.79 Å². The quantitative estimate of drug-likeness (QED) is 0.704. The second kappa shape index (κ2) is 9.28. The van der Waals surface area contributed by atoms with Gasteiger partial charge in [0, 0.05) is 6.04 Å². The average molecular weight is 294 g/mol. The molecule has 0 fully saturated rings. The van der Waals surface area contributed by atoms with E-state index >= 15 is 0 Å². The van der Waals surface area contributed by atoms with Crippen LogP contribution in [-0.2, 0) is 4.74 Å². The molecule has 0 spiro atoms. The number of carbonyl (C=O) groups excluding carboxylic acids is 1. The van der Waals surface area contributed by atoms with Gasteiger partial charge in [0.1, 0.15) is 5.82 Å². The van der Waals surface area contributed by atoms with Crippen LogP contribution in [0.2, 0.25) is 0 Å². The van der Waals surface area contributed by atoms with Crippen molar-refractivity contribution in [2.75, 3.05) is 32.1 Å². The molecule has 0 saturated carbocycles. The van der Waals surface area contributed by atoms with Crippen molar-refractivity contribution in [1.82, 2.24) is 14.9 Å². The highest BCUT2D eigenvalue weighted by Gasteiger charge is 2.10. The van der Waals surface area contributed by atoms with E-state index in [2.05, 4.69) is 45.7 Å². The number of anilines is 1. The van der Waals surface area contributed by atoms with Gasteiger partial charge in [0.15, 0.2) is 5.69 Å². The second-order valence-electron chi connectivity index (χ2n) is 5.00. The van der Waals surface area contributed by atoms with E-state index < -0.39 is 5.97 Å². The Labute approximate surface area is 126 Å². The standard InChI is InChI=1S/C15H26N4O2/c1-5-19(6-2)9-7-8-12(3)17-14-11-16-10-13(18-14)15(20)21-4/h10-12H,5-9H2,1-4H3,(H,17,18). The molecule has 6 nitrogen and oxygen atoms in total. The largest absolute Gasteiger partial charge is 0.464 e. The topological polar surface area (TPSA) is 67.4 Å².